The van der Waals surface area contributed by atoms with Crippen LogP contribution in [0.15, 0.2) is 91.0 Å². The SMILES string of the molecule is Cc1cc([C@H]2C[C@H](OC(=O)c3ccccc3)[C@H](OC(=O)c3ccccc3)CO2)nc2ccccc12. The third kappa shape index (κ3) is 5.08. The average molecular weight is 468 g/mol. The minimum Gasteiger partial charge on any atom is -0.455 e. The van der Waals surface area contributed by atoms with Gasteiger partial charge in [-0.05, 0) is 48.9 Å². The number of nitrogens with zero attached hydrogens (tertiary/aromatic N) is 1. The molecule has 0 amide bonds. The summed E-state index contributed by atoms with van der Waals surface area (Å²) in [6.07, 6.45) is -1.52. The van der Waals surface area contributed by atoms with E-state index in [-0.39, 0.29) is 6.61 Å². The lowest BCUT2D eigenvalue weighted by Crippen LogP contribution is -2.44. The van der Waals surface area contributed by atoms with E-state index in [1.165, 1.54) is 0 Å². The molecule has 5 rings (SSSR count). The first-order valence-electron chi connectivity index (χ1n) is 11.6. The number of ether oxygens (including phenoxy) is 3. The van der Waals surface area contributed by atoms with Crippen LogP contribution in [0, 0.1) is 6.92 Å². The highest BCUT2D eigenvalue weighted by atomic mass is 16.6. The molecule has 0 saturated carbocycles. The van der Waals surface area contributed by atoms with Crippen molar-refractivity contribution in [3.8, 4) is 0 Å². The van der Waals surface area contributed by atoms with Crippen LogP contribution in [0.5, 0.6) is 0 Å². The van der Waals surface area contributed by atoms with Crippen molar-refractivity contribution in [2.24, 2.45) is 0 Å². The Labute approximate surface area is 203 Å². The number of benzene rings is 3. The molecule has 0 radical (unpaired) electrons. The van der Waals surface area contributed by atoms with Crippen molar-refractivity contribution in [1.29, 1.82) is 0 Å². The van der Waals surface area contributed by atoms with E-state index in [9.17, 15) is 9.59 Å². The highest BCUT2D eigenvalue weighted by Crippen LogP contribution is 2.33. The zero-order valence-corrected chi connectivity index (χ0v) is 19.3. The summed E-state index contributed by atoms with van der Waals surface area (Å²) in [5.74, 6) is -0.960. The van der Waals surface area contributed by atoms with Crippen LogP contribution in [0.25, 0.3) is 10.9 Å². The molecular weight excluding hydrogens is 442 g/mol. The van der Waals surface area contributed by atoms with E-state index in [2.05, 4.69) is 0 Å². The molecule has 0 unspecified atom stereocenters. The van der Waals surface area contributed by atoms with E-state index in [0.29, 0.717) is 17.5 Å². The van der Waals surface area contributed by atoms with Gasteiger partial charge < -0.3 is 14.2 Å². The molecule has 4 aromatic rings. The smallest absolute Gasteiger partial charge is 0.338 e. The molecule has 35 heavy (non-hydrogen) atoms. The molecule has 1 aliphatic rings. The van der Waals surface area contributed by atoms with Crippen LogP contribution in [0.2, 0.25) is 0 Å². The van der Waals surface area contributed by atoms with Gasteiger partial charge in [-0.25, -0.2) is 9.59 Å². The van der Waals surface area contributed by atoms with Gasteiger partial charge >= 0.3 is 11.9 Å². The molecule has 1 aliphatic heterocycles. The van der Waals surface area contributed by atoms with Gasteiger partial charge in [-0.1, -0.05) is 54.6 Å². The molecular formula is C29H25NO5. The van der Waals surface area contributed by atoms with Gasteiger partial charge in [-0.15, -0.1) is 0 Å². The maximum absolute atomic E-state index is 12.9. The van der Waals surface area contributed by atoms with E-state index >= 15 is 0 Å². The number of rotatable bonds is 5. The number of hydrogen-bond donors (Lipinski definition) is 0. The van der Waals surface area contributed by atoms with Crippen LogP contribution in [0.4, 0.5) is 0 Å². The number of esters is 2. The topological polar surface area (TPSA) is 74.7 Å². The summed E-state index contributed by atoms with van der Waals surface area (Å²) < 4.78 is 17.7. The number of carbonyl (C=O) groups is 2. The van der Waals surface area contributed by atoms with Crippen LogP contribution in [0.1, 0.15) is 44.5 Å². The van der Waals surface area contributed by atoms with Crippen LogP contribution in [0.3, 0.4) is 0 Å². The van der Waals surface area contributed by atoms with Crippen LogP contribution < -0.4 is 0 Å². The van der Waals surface area contributed by atoms with Crippen molar-refractivity contribution in [2.75, 3.05) is 6.61 Å². The minimum atomic E-state index is -0.742. The fourth-order valence-electron chi connectivity index (χ4n) is 4.29. The van der Waals surface area contributed by atoms with Crippen molar-refractivity contribution in [2.45, 2.75) is 31.7 Å². The maximum atomic E-state index is 12.9. The number of para-hydroxylation sites is 1. The van der Waals surface area contributed by atoms with E-state index < -0.39 is 30.3 Å². The normalized spacial score (nSPS) is 19.7. The third-order valence-electron chi connectivity index (χ3n) is 6.13. The summed E-state index contributed by atoms with van der Waals surface area (Å²) in [5, 5.41) is 1.08. The Morgan fingerprint density at radius 3 is 2.03 bits per heavy atom. The van der Waals surface area contributed by atoms with E-state index in [1.54, 1.807) is 48.5 Å². The lowest BCUT2D eigenvalue weighted by molar-refractivity contribution is -0.131. The monoisotopic (exact) mass is 467 g/mol. The molecule has 6 heteroatoms. The fourth-order valence-corrected chi connectivity index (χ4v) is 4.29. The number of aryl methyl sites for hydroxylation is 1. The standard InChI is InChI=1S/C29H25NO5/c1-19-16-24(30-23-15-9-8-14-22(19)23)25-17-26(34-28(31)20-10-4-2-5-11-20)27(18-33-25)35-29(32)21-12-6-3-7-13-21/h2-16,25-27H,17-18H2,1H3/t25-,26+,27-/m1/s1. The molecule has 1 fully saturated rings. The predicted octanol–water partition coefficient (Wildman–Crippen LogP) is 5.46. The van der Waals surface area contributed by atoms with Crippen LogP contribution in [-0.2, 0) is 14.2 Å². The molecule has 1 aromatic heterocycles. The van der Waals surface area contributed by atoms with Gasteiger partial charge in [0, 0.05) is 11.8 Å². The van der Waals surface area contributed by atoms with Crippen LogP contribution >= 0.6 is 0 Å². The van der Waals surface area contributed by atoms with Crippen molar-refractivity contribution in [3.05, 3.63) is 113 Å². The van der Waals surface area contributed by atoms with Gasteiger partial charge in [0.05, 0.1) is 28.9 Å². The number of carbonyl (C=O) groups excluding carboxylic acids is 2. The molecule has 3 aromatic carbocycles. The largest absolute Gasteiger partial charge is 0.455 e. The molecule has 3 atom stereocenters. The summed E-state index contributed by atoms with van der Waals surface area (Å²) in [6, 6.07) is 27.4. The predicted molar refractivity (Wildman–Crippen MR) is 131 cm³/mol. The number of aromatic nitrogens is 1. The Balaban J connectivity index is 1.40. The molecule has 176 valence electrons. The van der Waals surface area contributed by atoms with Crippen molar-refractivity contribution < 1.29 is 23.8 Å². The molecule has 2 heterocycles. The summed E-state index contributed by atoms with van der Waals surface area (Å²) in [7, 11) is 0. The molecule has 0 bridgehead atoms. The number of hydrogen-bond acceptors (Lipinski definition) is 6. The Hall–Kier alpha value is -4.03. The summed E-state index contributed by atoms with van der Waals surface area (Å²) in [6.45, 7) is 2.12. The second kappa shape index (κ2) is 10.1. The van der Waals surface area contributed by atoms with Gasteiger partial charge in [0.2, 0.25) is 0 Å². The maximum Gasteiger partial charge on any atom is 0.338 e. The minimum absolute atomic E-state index is 0.0868. The van der Waals surface area contributed by atoms with Gasteiger partial charge in [0.1, 0.15) is 12.2 Å². The van der Waals surface area contributed by atoms with Gasteiger partial charge in [-0.3, -0.25) is 4.98 Å². The first-order valence-corrected chi connectivity index (χ1v) is 11.6. The molecule has 0 aliphatic carbocycles. The Kier molecular flexibility index (Phi) is 6.55. The number of pyridine rings is 1. The quantitative estimate of drug-likeness (QED) is 0.363. The van der Waals surface area contributed by atoms with Gasteiger partial charge in [0.15, 0.2) is 6.10 Å². The summed E-state index contributed by atoms with van der Waals surface area (Å²) >= 11 is 0. The van der Waals surface area contributed by atoms with E-state index in [0.717, 1.165) is 22.2 Å². The first-order chi connectivity index (χ1) is 17.1. The Morgan fingerprint density at radius 1 is 0.800 bits per heavy atom. The highest BCUT2D eigenvalue weighted by Gasteiger charge is 2.38. The van der Waals surface area contributed by atoms with Crippen molar-refractivity contribution in [3.63, 3.8) is 0 Å². The zero-order chi connectivity index (χ0) is 24.2. The second-order valence-corrected chi connectivity index (χ2v) is 8.56. The summed E-state index contributed by atoms with van der Waals surface area (Å²) in [4.78, 5) is 30.4. The lowest BCUT2D eigenvalue weighted by atomic mass is 9.98. The molecule has 0 N–H and O–H groups in total. The Morgan fingerprint density at radius 2 is 1.37 bits per heavy atom. The first kappa shape index (κ1) is 22.7. The Bertz CT molecular complexity index is 1340. The summed E-state index contributed by atoms with van der Waals surface area (Å²) in [5.41, 5.74) is 3.58. The fraction of sp³-hybridized carbons (Fsp3) is 0.207. The van der Waals surface area contributed by atoms with E-state index in [4.69, 9.17) is 19.2 Å². The zero-order valence-electron chi connectivity index (χ0n) is 19.3. The van der Waals surface area contributed by atoms with Gasteiger partial charge in [-0.2, -0.15) is 0 Å². The second-order valence-electron chi connectivity index (χ2n) is 8.56. The van der Waals surface area contributed by atoms with Gasteiger partial charge in [0.25, 0.3) is 0 Å². The average Bonchev–Trinajstić information content (AvgIpc) is 2.90. The molecule has 1 saturated heterocycles. The molecule has 0 spiro atoms. The van der Waals surface area contributed by atoms with E-state index in [1.807, 2.05) is 49.4 Å². The lowest BCUT2D eigenvalue weighted by Gasteiger charge is -2.35. The molecule has 6 nitrogen and oxygen atoms in total. The number of fused-ring (bicyclic) bond motifs is 1. The van der Waals surface area contributed by atoms with Crippen LogP contribution in [-0.4, -0.2) is 35.7 Å². The third-order valence-corrected chi connectivity index (χ3v) is 6.13. The van der Waals surface area contributed by atoms with Crippen molar-refractivity contribution >= 4 is 22.8 Å². The highest BCUT2D eigenvalue weighted by molar-refractivity contribution is 5.90. The van der Waals surface area contributed by atoms with Crippen molar-refractivity contribution in [1.82, 2.24) is 4.98 Å².